The molecule has 1 aromatic carbocycles. The second-order valence-electron chi connectivity index (χ2n) is 4.11. The van der Waals surface area contributed by atoms with Crippen LogP contribution < -0.4 is 15.4 Å². The topological polar surface area (TPSA) is 64.3 Å². The van der Waals surface area contributed by atoms with Crippen LogP contribution in [-0.4, -0.2) is 24.1 Å². The molecule has 0 unspecified atom stereocenters. The molecule has 0 radical (unpaired) electrons. The van der Waals surface area contributed by atoms with Crippen molar-refractivity contribution >= 4 is 27.7 Å². The number of benzene rings is 1. The second kappa shape index (κ2) is 5.88. The number of nitrogens with two attached hydrogens (primary N) is 1. The molecule has 0 fully saturated rings. The Morgan fingerprint density at radius 2 is 2.21 bits per heavy atom. The average Bonchev–Trinajstić information content (AvgIpc) is 2.41. The Balaban J connectivity index is 2.20. The molecule has 0 atom stereocenters. The van der Waals surface area contributed by atoms with Crippen LogP contribution in [0.1, 0.15) is 5.56 Å². The molecule has 1 aromatic heterocycles. The van der Waals surface area contributed by atoms with Crippen molar-refractivity contribution in [1.29, 1.82) is 0 Å². The number of methoxy groups -OCH3 is 1. The van der Waals surface area contributed by atoms with Gasteiger partial charge < -0.3 is 15.4 Å². The van der Waals surface area contributed by atoms with E-state index < -0.39 is 0 Å². The highest BCUT2D eigenvalue weighted by molar-refractivity contribution is 9.10. The third-order valence-corrected chi connectivity index (χ3v) is 3.22. The van der Waals surface area contributed by atoms with Crippen molar-refractivity contribution in [3.63, 3.8) is 0 Å². The van der Waals surface area contributed by atoms with Gasteiger partial charge in [0.05, 0.1) is 11.6 Å². The first kappa shape index (κ1) is 13.6. The quantitative estimate of drug-likeness (QED) is 0.936. The standard InChI is InChI=1S/C13H15BrN4O/c1-18(12-11(14)7-16-13(15)17-12)8-9-4-3-5-10(6-9)19-2/h3-7H,8H2,1-2H3,(H2,15,16,17). The first-order valence-electron chi connectivity index (χ1n) is 5.72. The molecule has 0 spiro atoms. The molecule has 2 N–H and O–H groups in total. The highest BCUT2D eigenvalue weighted by atomic mass is 79.9. The fourth-order valence-electron chi connectivity index (χ4n) is 1.76. The average molecular weight is 323 g/mol. The zero-order chi connectivity index (χ0) is 13.8. The van der Waals surface area contributed by atoms with E-state index >= 15 is 0 Å². The molecule has 0 saturated carbocycles. The summed E-state index contributed by atoms with van der Waals surface area (Å²) in [6.45, 7) is 0.701. The van der Waals surface area contributed by atoms with Crippen LogP contribution in [0.15, 0.2) is 34.9 Å². The van der Waals surface area contributed by atoms with E-state index in [9.17, 15) is 0 Å². The van der Waals surface area contributed by atoms with Crippen LogP contribution in [0.2, 0.25) is 0 Å². The summed E-state index contributed by atoms with van der Waals surface area (Å²) in [6, 6.07) is 7.92. The van der Waals surface area contributed by atoms with Crippen molar-refractivity contribution in [3.8, 4) is 5.75 Å². The predicted molar refractivity (Wildman–Crippen MR) is 79.2 cm³/mol. The number of halogens is 1. The fourth-order valence-corrected chi connectivity index (χ4v) is 2.25. The van der Waals surface area contributed by atoms with Gasteiger partial charge >= 0.3 is 0 Å². The molecule has 0 saturated heterocycles. The van der Waals surface area contributed by atoms with E-state index in [1.807, 2.05) is 36.2 Å². The molecule has 5 nitrogen and oxygen atoms in total. The van der Waals surface area contributed by atoms with Crippen LogP contribution in [0.25, 0.3) is 0 Å². The van der Waals surface area contributed by atoms with Crippen LogP contribution in [0.4, 0.5) is 11.8 Å². The van der Waals surface area contributed by atoms with Gasteiger partial charge in [0.25, 0.3) is 0 Å². The molecule has 6 heteroatoms. The maximum Gasteiger partial charge on any atom is 0.222 e. The maximum atomic E-state index is 5.61. The largest absolute Gasteiger partial charge is 0.497 e. The van der Waals surface area contributed by atoms with Crippen LogP contribution in [0.5, 0.6) is 5.75 Å². The van der Waals surface area contributed by atoms with Gasteiger partial charge in [0.1, 0.15) is 11.6 Å². The van der Waals surface area contributed by atoms with Crippen LogP contribution >= 0.6 is 15.9 Å². The van der Waals surface area contributed by atoms with Gasteiger partial charge in [0, 0.05) is 19.8 Å². The van der Waals surface area contributed by atoms with Gasteiger partial charge in [-0.3, -0.25) is 0 Å². The number of nitrogens with zero attached hydrogens (tertiary/aromatic N) is 3. The molecule has 19 heavy (non-hydrogen) atoms. The molecule has 1 heterocycles. The van der Waals surface area contributed by atoms with E-state index in [4.69, 9.17) is 10.5 Å². The van der Waals surface area contributed by atoms with Gasteiger partial charge in [-0.25, -0.2) is 4.98 Å². The van der Waals surface area contributed by atoms with E-state index in [0.29, 0.717) is 6.54 Å². The number of hydrogen-bond donors (Lipinski definition) is 1. The summed E-state index contributed by atoms with van der Waals surface area (Å²) in [5.41, 5.74) is 6.75. The highest BCUT2D eigenvalue weighted by Crippen LogP contribution is 2.24. The van der Waals surface area contributed by atoms with Crippen molar-refractivity contribution in [2.45, 2.75) is 6.54 Å². The molecule has 2 aromatic rings. The van der Waals surface area contributed by atoms with Crippen molar-refractivity contribution in [2.75, 3.05) is 24.8 Å². The minimum absolute atomic E-state index is 0.260. The van der Waals surface area contributed by atoms with E-state index in [1.165, 1.54) is 0 Å². The van der Waals surface area contributed by atoms with Gasteiger partial charge in [0.15, 0.2) is 0 Å². The molecule has 0 aliphatic rings. The molecule has 0 bridgehead atoms. The van der Waals surface area contributed by atoms with Crippen molar-refractivity contribution in [2.24, 2.45) is 0 Å². The number of hydrogen-bond acceptors (Lipinski definition) is 5. The summed E-state index contributed by atoms with van der Waals surface area (Å²) < 4.78 is 6.02. The lowest BCUT2D eigenvalue weighted by Crippen LogP contribution is -2.19. The SMILES string of the molecule is COc1cccc(CN(C)c2nc(N)ncc2Br)c1. The molecule has 0 amide bonds. The first-order chi connectivity index (χ1) is 9.10. The Kier molecular flexibility index (Phi) is 4.21. The monoisotopic (exact) mass is 322 g/mol. The first-order valence-corrected chi connectivity index (χ1v) is 6.51. The fraction of sp³-hybridized carbons (Fsp3) is 0.231. The Morgan fingerprint density at radius 1 is 1.42 bits per heavy atom. The van der Waals surface area contributed by atoms with E-state index in [2.05, 4.69) is 25.9 Å². The molecular weight excluding hydrogens is 308 g/mol. The lowest BCUT2D eigenvalue weighted by atomic mass is 10.2. The van der Waals surface area contributed by atoms with E-state index in [0.717, 1.165) is 21.6 Å². The molecule has 100 valence electrons. The van der Waals surface area contributed by atoms with Gasteiger partial charge in [-0.05, 0) is 33.6 Å². The minimum atomic E-state index is 0.260. The molecule has 0 aliphatic heterocycles. The Hall–Kier alpha value is -1.82. The van der Waals surface area contributed by atoms with Crippen molar-refractivity contribution in [1.82, 2.24) is 9.97 Å². The Bertz CT molecular complexity index is 576. The van der Waals surface area contributed by atoms with Gasteiger partial charge in [-0.15, -0.1) is 0 Å². The molecular formula is C13H15BrN4O. The van der Waals surface area contributed by atoms with E-state index in [-0.39, 0.29) is 5.95 Å². The number of ether oxygens (including phenoxy) is 1. The van der Waals surface area contributed by atoms with Crippen molar-refractivity contribution in [3.05, 3.63) is 40.5 Å². The lowest BCUT2D eigenvalue weighted by molar-refractivity contribution is 0.414. The summed E-state index contributed by atoms with van der Waals surface area (Å²) in [6.07, 6.45) is 1.65. The molecule has 0 aliphatic carbocycles. The van der Waals surface area contributed by atoms with Crippen LogP contribution in [-0.2, 0) is 6.54 Å². The summed E-state index contributed by atoms with van der Waals surface area (Å²) in [7, 11) is 3.61. The number of rotatable bonds is 4. The minimum Gasteiger partial charge on any atom is -0.497 e. The predicted octanol–water partition coefficient (Wildman–Crippen LogP) is 2.47. The summed E-state index contributed by atoms with van der Waals surface area (Å²) >= 11 is 3.43. The zero-order valence-electron chi connectivity index (χ0n) is 10.8. The Labute approximate surface area is 120 Å². The third-order valence-electron chi connectivity index (χ3n) is 2.66. The third kappa shape index (κ3) is 3.35. The van der Waals surface area contributed by atoms with Gasteiger partial charge in [0.2, 0.25) is 5.95 Å². The van der Waals surface area contributed by atoms with Gasteiger partial charge in [-0.1, -0.05) is 12.1 Å². The normalized spacial score (nSPS) is 10.3. The smallest absolute Gasteiger partial charge is 0.222 e. The summed E-state index contributed by atoms with van der Waals surface area (Å²) in [4.78, 5) is 10.2. The summed E-state index contributed by atoms with van der Waals surface area (Å²) in [5.74, 6) is 1.86. The number of anilines is 2. The maximum absolute atomic E-state index is 5.61. The lowest BCUT2D eigenvalue weighted by Gasteiger charge is -2.19. The van der Waals surface area contributed by atoms with Gasteiger partial charge in [-0.2, -0.15) is 4.98 Å². The van der Waals surface area contributed by atoms with Crippen LogP contribution in [0.3, 0.4) is 0 Å². The summed E-state index contributed by atoms with van der Waals surface area (Å²) in [5, 5.41) is 0. The number of aromatic nitrogens is 2. The number of nitrogen functional groups attached to an aromatic ring is 1. The van der Waals surface area contributed by atoms with Crippen molar-refractivity contribution < 1.29 is 4.74 Å². The highest BCUT2D eigenvalue weighted by Gasteiger charge is 2.09. The van der Waals surface area contributed by atoms with E-state index in [1.54, 1.807) is 13.3 Å². The Morgan fingerprint density at radius 3 is 2.95 bits per heavy atom. The van der Waals surface area contributed by atoms with Crippen LogP contribution in [0, 0.1) is 0 Å². The zero-order valence-corrected chi connectivity index (χ0v) is 12.4. The molecule has 2 rings (SSSR count). The second-order valence-corrected chi connectivity index (χ2v) is 4.96.